The highest BCUT2D eigenvalue weighted by Crippen LogP contribution is 2.46. The van der Waals surface area contributed by atoms with Crippen LogP contribution in [0.5, 0.6) is 0 Å². The van der Waals surface area contributed by atoms with Crippen LogP contribution in [-0.4, -0.2) is 43.0 Å². The number of benzene rings is 10. The van der Waals surface area contributed by atoms with Gasteiger partial charge in [-0.05, 0) is 198 Å². The van der Waals surface area contributed by atoms with E-state index in [0.717, 1.165) is 67.8 Å². The first-order valence-electron chi connectivity index (χ1n) is 28.1. The van der Waals surface area contributed by atoms with E-state index in [4.69, 9.17) is 9.98 Å². The minimum atomic E-state index is -0.309. The number of anilines is 2. The van der Waals surface area contributed by atoms with Gasteiger partial charge in [0.05, 0.1) is 44.2 Å². The van der Waals surface area contributed by atoms with Gasteiger partial charge in [0.25, 0.3) is 0 Å². The summed E-state index contributed by atoms with van der Waals surface area (Å²) >= 11 is 0. The van der Waals surface area contributed by atoms with Crippen molar-refractivity contribution in [3.63, 3.8) is 0 Å². The van der Waals surface area contributed by atoms with Gasteiger partial charge in [0.15, 0.2) is 0 Å². The Bertz CT molecular complexity index is 4170. The van der Waals surface area contributed by atoms with Gasteiger partial charge < -0.3 is 18.9 Å². The molecule has 0 atom stereocenters. The molecule has 0 spiro atoms. The second kappa shape index (κ2) is 18.2. The van der Waals surface area contributed by atoms with Gasteiger partial charge in [0.1, 0.15) is 11.7 Å². The lowest BCUT2D eigenvalue weighted by Gasteiger charge is -2.41. The van der Waals surface area contributed by atoms with Gasteiger partial charge in [-0.15, -0.1) is 0 Å². The first-order valence-corrected chi connectivity index (χ1v) is 28.1. The number of aliphatic imine (C=N–C) groups is 2. The Balaban J connectivity index is 0.896. The van der Waals surface area contributed by atoms with Crippen LogP contribution in [0, 0.1) is 0 Å². The molecule has 0 amide bonds. The highest BCUT2D eigenvalue weighted by Gasteiger charge is 2.51. The molecular formula is C74H64N6. The minimum Gasteiger partial charge on any atom is -0.318 e. The summed E-state index contributed by atoms with van der Waals surface area (Å²) in [6, 6.07) is 88.8. The fraction of sp³-hybridized carbons (Fsp3) is 0.162. The molecular weight excluding hydrogens is 973 g/mol. The molecule has 10 aromatic carbocycles. The second-order valence-electron chi connectivity index (χ2n) is 23.9. The van der Waals surface area contributed by atoms with Crippen LogP contribution in [0.4, 0.5) is 11.4 Å². The summed E-state index contributed by atoms with van der Waals surface area (Å²) < 4.78 is 4.83. The third kappa shape index (κ3) is 7.67. The number of aromatic nitrogens is 2. The summed E-state index contributed by atoms with van der Waals surface area (Å²) in [6.45, 7) is 18.2. The van der Waals surface area contributed by atoms with Crippen molar-refractivity contribution in [1.29, 1.82) is 0 Å². The van der Waals surface area contributed by atoms with E-state index in [1.54, 1.807) is 0 Å². The molecule has 2 aliphatic heterocycles. The topological polar surface area (TPSA) is 41.1 Å². The Labute approximate surface area is 469 Å². The Morgan fingerprint density at radius 1 is 0.250 bits per heavy atom. The molecule has 4 heterocycles. The predicted octanol–water partition coefficient (Wildman–Crippen LogP) is 18.5. The molecule has 80 heavy (non-hydrogen) atoms. The van der Waals surface area contributed by atoms with Crippen LogP contribution in [0.15, 0.2) is 253 Å². The number of hydrogen-bond acceptors (Lipinski definition) is 4. The van der Waals surface area contributed by atoms with Gasteiger partial charge in [-0.25, -0.2) is 0 Å². The lowest BCUT2D eigenvalue weighted by atomic mass is 9.83. The number of hydrogen-bond donors (Lipinski definition) is 0. The van der Waals surface area contributed by atoms with Gasteiger partial charge in [-0.1, -0.05) is 133 Å². The summed E-state index contributed by atoms with van der Waals surface area (Å²) in [7, 11) is 0. The third-order valence-corrected chi connectivity index (χ3v) is 18.1. The normalized spacial score (nSPS) is 16.2. The highest BCUT2D eigenvalue weighted by molar-refractivity contribution is 6.16. The number of rotatable bonds is 9. The average Bonchev–Trinajstić information content (AvgIpc) is 4.29. The van der Waals surface area contributed by atoms with Crippen molar-refractivity contribution in [2.45, 2.75) is 77.5 Å². The van der Waals surface area contributed by atoms with E-state index >= 15 is 0 Å². The zero-order chi connectivity index (χ0) is 54.7. The van der Waals surface area contributed by atoms with Gasteiger partial charge in [0, 0.05) is 55.4 Å². The number of fused-ring (bicyclic) bond motifs is 6. The second-order valence-corrected chi connectivity index (χ2v) is 23.9. The van der Waals surface area contributed by atoms with Crippen LogP contribution in [0.1, 0.15) is 66.5 Å². The van der Waals surface area contributed by atoms with Crippen molar-refractivity contribution in [3.05, 3.63) is 254 Å². The molecule has 2 aliphatic rings. The molecule has 390 valence electrons. The Morgan fingerprint density at radius 2 is 0.512 bits per heavy atom. The van der Waals surface area contributed by atoms with Gasteiger partial charge in [-0.3, -0.25) is 9.98 Å². The van der Waals surface area contributed by atoms with Crippen LogP contribution in [-0.2, 0) is 0 Å². The lowest BCUT2D eigenvalue weighted by molar-refractivity contribution is 0.338. The van der Waals surface area contributed by atoms with E-state index in [1.807, 2.05) is 0 Å². The maximum atomic E-state index is 5.44. The quantitative estimate of drug-likeness (QED) is 0.145. The van der Waals surface area contributed by atoms with Crippen LogP contribution in [0.25, 0.3) is 88.4 Å². The summed E-state index contributed by atoms with van der Waals surface area (Å²) in [5.41, 5.74) is 17.3. The number of amidine groups is 2. The van der Waals surface area contributed by atoms with Crippen LogP contribution in [0.3, 0.4) is 0 Å². The van der Waals surface area contributed by atoms with Crippen molar-refractivity contribution >= 4 is 66.7 Å². The fourth-order valence-electron chi connectivity index (χ4n) is 12.6. The standard InChI is InChI=1S/C74H64N6/c1-71(2)73(5,6)79(59-31-17-11-18-32-59)69(75-71)55-25-21-23-49(43-55)51-35-39-65-61(45-51)63-47-53(37-41-67(63)77(65)57-27-13-9-14-28-57)54-38-42-68-64(48-54)62-46-52(36-40-66(62)78(68)58-29-15-10-16-30-58)50-24-22-26-56(44-50)70-76-72(3,4)74(7,8)80(70)60-33-19-12-20-34-60/h9-48H,1-8H3. The maximum absolute atomic E-state index is 5.44. The smallest absolute Gasteiger partial charge is 0.136 e. The van der Waals surface area contributed by atoms with E-state index in [0.29, 0.717) is 0 Å². The molecule has 6 heteroatoms. The molecule has 0 saturated carbocycles. The zero-order valence-electron chi connectivity index (χ0n) is 46.8. The molecule has 12 aromatic rings. The van der Waals surface area contributed by atoms with Crippen LogP contribution < -0.4 is 9.80 Å². The molecule has 14 rings (SSSR count). The Kier molecular flexibility index (Phi) is 11.1. The molecule has 2 aromatic heterocycles. The molecule has 0 radical (unpaired) electrons. The average molecular weight is 1040 g/mol. The summed E-state index contributed by atoms with van der Waals surface area (Å²) in [5.74, 6) is 1.99. The van der Waals surface area contributed by atoms with Crippen molar-refractivity contribution < 1.29 is 0 Å². The summed E-state index contributed by atoms with van der Waals surface area (Å²) in [5, 5.41) is 4.82. The molecule has 0 N–H and O–H groups in total. The first kappa shape index (κ1) is 49.1. The fourth-order valence-corrected chi connectivity index (χ4v) is 12.6. The Morgan fingerprint density at radius 3 is 0.812 bits per heavy atom. The van der Waals surface area contributed by atoms with Gasteiger partial charge >= 0.3 is 0 Å². The van der Waals surface area contributed by atoms with Crippen molar-refractivity contribution in [1.82, 2.24) is 9.13 Å². The third-order valence-electron chi connectivity index (χ3n) is 18.1. The van der Waals surface area contributed by atoms with E-state index in [9.17, 15) is 0 Å². The molecule has 0 bridgehead atoms. The monoisotopic (exact) mass is 1040 g/mol. The highest BCUT2D eigenvalue weighted by atomic mass is 15.3. The van der Waals surface area contributed by atoms with E-state index in [2.05, 4.69) is 317 Å². The lowest BCUT2D eigenvalue weighted by Crippen LogP contribution is -2.53. The molecule has 0 saturated heterocycles. The molecule has 0 unspecified atom stereocenters. The van der Waals surface area contributed by atoms with E-state index in [-0.39, 0.29) is 22.2 Å². The first-order chi connectivity index (χ1) is 38.7. The minimum absolute atomic E-state index is 0.248. The predicted molar refractivity (Wildman–Crippen MR) is 339 cm³/mol. The maximum Gasteiger partial charge on any atom is 0.136 e. The van der Waals surface area contributed by atoms with Crippen LogP contribution >= 0.6 is 0 Å². The van der Waals surface area contributed by atoms with E-state index < -0.39 is 0 Å². The molecule has 0 fully saturated rings. The number of para-hydroxylation sites is 4. The Hall–Kier alpha value is -9.26. The molecule has 6 nitrogen and oxygen atoms in total. The zero-order valence-corrected chi connectivity index (χ0v) is 46.8. The summed E-state index contributed by atoms with van der Waals surface area (Å²) in [6.07, 6.45) is 0. The number of nitrogens with zero attached hydrogens (tertiary/aromatic N) is 6. The van der Waals surface area contributed by atoms with E-state index in [1.165, 1.54) is 54.7 Å². The van der Waals surface area contributed by atoms with Crippen molar-refractivity contribution in [2.75, 3.05) is 9.80 Å². The summed E-state index contributed by atoms with van der Waals surface area (Å²) in [4.78, 5) is 15.7. The van der Waals surface area contributed by atoms with Gasteiger partial charge in [-0.2, -0.15) is 0 Å². The van der Waals surface area contributed by atoms with Crippen LogP contribution in [0.2, 0.25) is 0 Å². The van der Waals surface area contributed by atoms with Gasteiger partial charge in [0.2, 0.25) is 0 Å². The SMILES string of the molecule is CC1(C)N=C(c2cccc(-c3ccc4c(c3)c3cc(-c5ccc6c(c5)c5cc(-c7cccc(C8=NC(C)(C)C(C)(C)N8c8ccccc8)c7)ccc5n6-c5ccccc5)ccc3n4-c3ccccc3)c2)N(c2ccccc2)C1(C)C. The molecule has 0 aliphatic carbocycles. The van der Waals surface area contributed by atoms with Crippen molar-refractivity contribution in [3.8, 4) is 44.8 Å². The largest absolute Gasteiger partial charge is 0.318 e. The van der Waals surface area contributed by atoms with Crippen molar-refractivity contribution in [2.24, 2.45) is 9.98 Å².